The number of aromatic nitrogens is 3. The normalized spacial score (nSPS) is 16.9. The molecule has 2 atom stereocenters. The Morgan fingerprint density at radius 1 is 1.04 bits per heavy atom. The number of sulfonamides is 1. The van der Waals surface area contributed by atoms with Gasteiger partial charge >= 0.3 is 6.09 Å². The fourth-order valence-electron chi connectivity index (χ4n) is 5.56. The fourth-order valence-corrected chi connectivity index (χ4v) is 6.77. The van der Waals surface area contributed by atoms with Gasteiger partial charge in [-0.05, 0) is 52.8 Å². The zero-order valence-electron chi connectivity index (χ0n) is 27.7. The van der Waals surface area contributed by atoms with E-state index in [4.69, 9.17) is 4.74 Å². The second-order valence-electron chi connectivity index (χ2n) is 13.2. The number of fused-ring (bicyclic) bond motifs is 1. The number of carbonyl (C=O) groups excluding carboxylic acids is 1. The molecule has 1 aliphatic heterocycles. The number of anilines is 2. The van der Waals surface area contributed by atoms with E-state index in [0.29, 0.717) is 6.07 Å². The molecule has 50 heavy (non-hydrogen) atoms. The second-order valence-corrected chi connectivity index (χ2v) is 14.9. The van der Waals surface area contributed by atoms with E-state index in [1.54, 1.807) is 39.3 Å². The van der Waals surface area contributed by atoms with Crippen molar-refractivity contribution in [1.82, 2.24) is 19.4 Å². The molecule has 4 aromatic rings. The number of likely N-dealkylation sites (tertiary alicyclic amines) is 1. The van der Waals surface area contributed by atoms with Gasteiger partial charge in [0.2, 0.25) is 16.0 Å². The number of rotatable bonds is 8. The van der Waals surface area contributed by atoms with Crippen molar-refractivity contribution in [2.24, 2.45) is 0 Å². The predicted octanol–water partition coefficient (Wildman–Crippen LogP) is 6.30. The summed E-state index contributed by atoms with van der Waals surface area (Å²) in [6.07, 6.45) is -0.735. The van der Waals surface area contributed by atoms with Crippen LogP contribution in [0.2, 0.25) is 0 Å². The van der Waals surface area contributed by atoms with Gasteiger partial charge in [-0.15, -0.1) is 0 Å². The van der Waals surface area contributed by atoms with Gasteiger partial charge in [0.1, 0.15) is 28.9 Å². The maximum Gasteiger partial charge on any atom is 0.410 e. The standard InChI is InChI=1S/C33H35F5N6O5S/c1-17(2)44-29-19(13-39-31(41-29)40-21-11-20(34)14-43(15-21)32(46)49-33(3,4)5)10-23(30(44)45)22-12-25(36)28(27(38)26(22)37)42-50(47,48)16-18-8-6-7-9-24(18)35/h6-10,12-13,17,20-21,42H,11,14-16H2,1-5H3,(H,39,40,41)/t20-,21-/m0/s1. The van der Waals surface area contributed by atoms with Crippen LogP contribution >= 0.6 is 0 Å². The number of hydrogen-bond donors (Lipinski definition) is 2. The lowest BCUT2D eigenvalue weighted by atomic mass is 10.0. The lowest BCUT2D eigenvalue weighted by Crippen LogP contribution is -2.51. The molecule has 1 amide bonds. The first-order valence-electron chi connectivity index (χ1n) is 15.6. The Morgan fingerprint density at radius 3 is 2.40 bits per heavy atom. The van der Waals surface area contributed by atoms with Crippen LogP contribution in [0.15, 0.2) is 47.4 Å². The van der Waals surface area contributed by atoms with Crippen molar-refractivity contribution in [1.29, 1.82) is 0 Å². The summed E-state index contributed by atoms with van der Waals surface area (Å²) in [6.45, 7) is 8.25. The minimum Gasteiger partial charge on any atom is -0.444 e. The van der Waals surface area contributed by atoms with Gasteiger partial charge in [0.15, 0.2) is 17.5 Å². The number of hydrogen-bond acceptors (Lipinski definition) is 8. The minimum absolute atomic E-state index is 0.00224. The van der Waals surface area contributed by atoms with Crippen molar-refractivity contribution in [2.75, 3.05) is 23.1 Å². The lowest BCUT2D eigenvalue weighted by Gasteiger charge is -2.36. The third-order valence-corrected chi connectivity index (χ3v) is 8.89. The maximum absolute atomic E-state index is 15.5. The zero-order valence-corrected chi connectivity index (χ0v) is 28.5. The summed E-state index contributed by atoms with van der Waals surface area (Å²) >= 11 is 0. The van der Waals surface area contributed by atoms with Crippen LogP contribution in [0.4, 0.5) is 38.4 Å². The summed E-state index contributed by atoms with van der Waals surface area (Å²) in [5.41, 5.74) is -4.46. The number of ether oxygens (including phenoxy) is 1. The van der Waals surface area contributed by atoms with Crippen LogP contribution < -0.4 is 15.6 Å². The summed E-state index contributed by atoms with van der Waals surface area (Å²) in [6, 6.07) is 5.28. The van der Waals surface area contributed by atoms with E-state index >= 15 is 13.2 Å². The van der Waals surface area contributed by atoms with Gasteiger partial charge in [0.05, 0.1) is 17.9 Å². The number of halogens is 5. The molecule has 1 aliphatic rings. The second kappa shape index (κ2) is 13.8. The first-order valence-corrected chi connectivity index (χ1v) is 17.2. The molecule has 2 aromatic carbocycles. The molecule has 3 heterocycles. The first-order chi connectivity index (χ1) is 23.3. The molecule has 2 N–H and O–H groups in total. The Balaban J connectivity index is 1.46. The summed E-state index contributed by atoms with van der Waals surface area (Å²) in [4.78, 5) is 36.2. The van der Waals surface area contributed by atoms with Gasteiger partial charge in [-0.1, -0.05) is 18.2 Å². The van der Waals surface area contributed by atoms with Gasteiger partial charge in [-0.2, -0.15) is 4.98 Å². The molecule has 0 radical (unpaired) electrons. The molecular weight excluding hydrogens is 687 g/mol. The molecule has 1 fully saturated rings. The van der Waals surface area contributed by atoms with E-state index in [9.17, 15) is 26.8 Å². The Bertz CT molecular complexity index is 2120. The van der Waals surface area contributed by atoms with Crippen LogP contribution in [0.5, 0.6) is 0 Å². The number of nitrogens with zero attached hydrogens (tertiary/aromatic N) is 4. The average Bonchev–Trinajstić information content (AvgIpc) is 3.00. The molecule has 5 rings (SSSR count). The number of carbonyl (C=O) groups is 1. The highest BCUT2D eigenvalue weighted by Gasteiger charge is 2.33. The van der Waals surface area contributed by atoms with Gasteiger partial charge in [-0.3, -0.25) is 14.1 Å². The smallest absolute Gasteiger partial charge is 0.410 e. The maximum atomic E-state index is 15.5. The van der Waals surface area contributed by atoms with E-state index in [-0.39, 0.29) is 42.1 Å². The Labute approximate surface area is 284 Å². The topological polar surface area (TPSA) is 136 Å². The highest BCUT2D eigenvalue weighted by atomic mass is 32.2. The number of amides is 1. The molecule has 0 aliphatic carbocycles. The lowest BCUT2D eigenvalue weighted by molar-refractivity contribution is 0.0124. The third kappa shape index (κ3) is 7.98. The van der Waals surface area contributed by atoms with E-state index in [1.807, 2.05) is 0 Å². The van der Waals surface area contributed by atoms with Gasteiger partial charge in [-0.25, -0.2) is 40.1 Å². The van der Waals surface area contributed by atoms with Crippen LogP contribution in [-0.4, -0.2) is 64.9 Å². The van der Waals surface area contributed by atoms with Crippen LogP contribution in [0, 0.1) is 23.3 Å². The van der Waals surface area contributed by atoms with Crippen molar-refractivity contribution in [2.45, 2.75) is 70.6 Å². The van der Waals surface area contributed by atoms with Crippen molar-refractivity contribution >= 4 is 38.8 Å². The first kappa shape index (κ1) is 36.5. The number of pyridine rings is 1. The largest absolute Gasteiger partial charge is 0.444 e. The number of nitrogens with one attached hydrogen (secondary N) is 2. The SMILES string of the molecule is CC(C)n1c(=O)c(-c2cc(F)c(NS(=O)(=O)Cc3ccccc3F)c(F)c2F)cc2cnc(N[C@H]3C[C@H](F)CN(C(=O)OC(C)(C)C)C3)nc21. The zero-order chi connectivity index (χ0) is 36.7. The highest BCUT2D eigenvalue weighted by molar-refractivity contribution is 7.91. The number of benzene rings is 2. The average molecular weight is 723 g/mol. The number of alkyl halides is 1. The third-order valence-electron chi connectivity index (χ3n) is 7.68. The fraction of sp³-hybridized carbons (Fsp3) is 0.394. The highest BCUT2D eigenvalue weighted by Crippen LogP contribution is 2.33. The molecule has 0 unspecified atom stereocenters. The minimum atomic E-state index is -4.61. The van der Waals surface area contributed by atoms with E-state index in [0.717, 1.165) is 16.7 Å². The summed E-state index contributed by atoms with van der Waals surface area (Å²) in [5.74, 6) is -7.01. The van der Waals surface area contributed by atoms with Crippen LogP contribution in [0.1, 0.15) is 52.6 Å². The quantitative estimate of drug-likeness (QED) is 0.160. The van der Waals surface area contributed by atoms with Crippen LogP contribution in [-0.2, 0) is 20.5 Å². The molecule has 0 saturated carbocycles. The van der Waals surface area contributed by atoms with Gasteiger partial charge in [0, 0.05) is 47.8 Å². The van der Waals surface area contributed by atoms with Gasteiger partial charge in [0.25, 0.3) is 5.56 Å². The molecule has 268 valence electrons. The van der Waals surface area contributed by atoms with Crippen LogP contribution in [0.25, 0.3) is 22.2 Å². The van der Waals surface area contributed by atoms with Crippen molar-refractivity contribution < 1.29 is 39.9 Å². The molecule has 2 aromatic heterocycles. The number of piperidine rings is 1. The van der Waals surface area contributed by atoms with Crippen LogP contribution in [0.3, 0.4) is 0 Å². The van der Waals surface area contributed by atoms with Crippen molar-refractivity contribution in [3.63, 3.8) is 0 Å². The molecule has 0 bridgehead atoms. The van der Waals surface area contributed by atoms with E-state index in [1.165, 1.54) is 29.3 Å². The predicted molar refractivity (Wildman–Crippen MR) is 177 cm³/mol. The van der Waals surface area contributed by atoms with E-state index < -0.39 is 91.4 Å². The van der Waals surface area contributed by atoms with Crippen molar-refractivity contribution in [3.05, 3.63) is 81.8 Å². The van der Waals surface area contributed by atoms with E-state index in [2.05, 4.69) is 15.3 Å². The molecule has 1 saturated heterocycles. The summed E-state index contributed by atoms with van der Waals surface area (Å²) in [5, 5.41) is 3.16. The Morgan fingerprint density at radius 2 is 1.74 bits per heavy atom. The molecule has 17 heteroatoms. The molecular formula is C33H35F5N6O5S. The Kier molecular flexibility index (Phi) is 10.1. The summed E-state index contributed by atoms with van der Waals surface area (Å²) < 4.78 is 108. The Hall–Kier alpha value is -4.80. The monoisotopic (exact) mass is 722 g/mol. The molecule has 11 nitrogen and oxygen atoms in total. The summed E-state index contributed by atoms with van der Waals surface area (Å²) in [7, 11) is -4.61. The van der Waals surface area contributed by atoms with Crippen molar-refractivity contribution in [3.8, 4) is 11.1 Å². The van der Waals surface area contributed by atoms with Gasteiger partial charge < -0.3 is 15.0 Å². The molecule has 0 spiro atoms.